The third-order valence-corrected chi connectivity index (χ3v) is 4.39. The first-order valence-electron chi connectivity index (χ1n) is 8.32. The minimum atomic E-state index is -0.392. The number of carbonyl (C=O) groups excluding carboxylic acids is 1. The second-order valence-corrected chi connectivity index (χ2v) is 6.44. The van der Waals surface area contributed by atoms with Gasteiger partial charge in [0.15, 0.2) is 0 Å². The molecule has 0 unspecified atom stereocenters. The lowest BCUT2D eigenvalue weighted by atomic mass is 10.0. The highest BCUT2D eigenvalue weighted by Gasteiger charge is 2.15. The van der Waals surface area contributed by atoms with Crippen LogP contribution in [0.2, 0.25) is 5.02 Å². The second kappa shape index (κ2) is 8.17. The van der Waals surface area contributed by atoms with Crippen molar-refractivity contribution in [1.29, 1.82) is 0 Å². The van der Waals surface area contributed by atoms with Crippen molar-refractivity contribution in [2.45, 2.75) is 19.4 Å². The monoisotopic (exact) mass is 370 g/mol. The van der Waals surface area contributed by atoms with Gasteiger partial charge in [-0.1, -0.05) is 29.8 Å². The molecule has 2 aromatic carbocycles. The molecule has 0 bridgehead atoms. The topological polar surface area (TPSA) is 82.5 Å². The maximum absolute atomic E-state index is 12.4. The number of pyridine rings is 1. The number of rotatable bonds is 6. The number of nitrogens with zero attached hydrogens (tertiary/aromatic N) is 1. The Kier molecular flexibility index (Phi) is 5.71. The van der Waals surface area contributed by atoms with E-state index >= 15 is 0 Å². The van der Waals surface area contributed by atoms with Crippen LogP contribution in [0.4, 0.5) is 0 Å². The Bertz CT molecular complexity index is 926. The highest BCUT2D eigenvalue weighted by atomic mass is 35.5. The number of amides is 1. The smallest absolute Gasteiger partial charge is 0.256 e. The molecule has 26 heavy (non-hydrogen) atoms. The lowest BCUT2D eigenvalue weighted by Gasteiger charge is -2.10. The summed E-state index contributed by atoms with van der Waals surface area (Å²) >= 11 is 5.84. The van der Waals surface area contributed by atoms with Gasteiger partial charge in [0.1, 0.15) is 11.3 Å². The molecule has 0 aliphatic carbocycles. The van der Waals surface area contributed by atoms with Crippen molar-refractivity contribution < 1.29 is 15.0 Å². The third-order valence-electron chi connectivity index (χ3n) is 4.14. The van der Waals surface area contributed by atoms with E-state index in [1.165, 1.54) is 6.20 Å². The number of aliphatic hydroxyl groups is 1. The summed E-state index contributed by atoms with van der Waals surface area (Å²) in [7, 11) is 0. The van der Waals surface area contributed by atoms with Crippen LogP contribution in [-0.2, 0) is 13.0 Å². The van der Waals surface area contributed by atoms with Gasteiger partial charge in [-0.3, -0.25) is 9.78 Å². The molecule has 1 aromatic heterocycles. The van der Waals surface area contributed by atoms with Gasteiger partial charge in [-0.05, 0) is 48.2 Å². The van der Waals surface area contributed by atoms with Crippen LogP contribution in [0.3, 0.4) is 0 Å². The quantitative estimate of drug-likeness (QED) is 0.620. The van der Waals surface area contributed by atoms with E-state index in [1.54, 1.807) is 18.2 Å². The van der Waals surface area contributed by atoms with Crippen LogP contribution in [0.5, 0.6) is 5.75 Å². The van der Waals surface area contributed by atoms with Crippen LogP contribution in [0.1, 0.15) is 27.9 Å². The first-order valence-corrected chi connectivity index (χ1v) is 8.70. The Morgan fingerprint density at radius 3 is 2.58 bits per heavy atom. The Hall–Kier alpha value is -2.63. The zero-order valence-corrected chi connectivity index (χ0v) is 14.8. The van der Waals surface area contributed by atoms with Gasteiger partial charge in [0.05, 0.1) is 5.52 Å². The summed E-state index contributed by atoms with van der Waals surface area (Å²) in [6, 6.07) is 12.7. The molecule has 0 fully saturated rings. The summed E-state index contributed by atoms with van der Waals surface area (Å²) in [4.78, 5) is 16.7. The summed E-state index contributed by atoms with van der Waals surface area (Å²) in [6.07, 6.45) is 2.78. The van der Waals surface area contributed by atoms with Gasteiger partial charge in [0.2, 0.25) is 0 Å². The van der Waals surface area contributed by atoms with Crippen molar-refractivity contribution in [2.75, 3.05) is 6.61 Å². The van der Waals surface area contributed by atoms with Crippen molar-refractivity contribution in [3.63, 3.8) is 0 Å². The molecule has 1 heterocycles. The van der Waals surface area contributed by atoms with E-state index in [-0.39, 0.29) is 17.9 Å². The van der Waals surface area contributed by atoms with Crippen LogP contribution in [-0.4, -0.2) is 27.7 Å². The number of fused-ring (bicyclic) bond motifs is 1. The van der Waals surface area contributed by atoms with E-state index in [0.29, 0.717) is 28.9 Å². The summed E-state index contributed by atoms with van der Waals surface area (Å²) < 4.78 is 0. The average molecular weight is 371 g/mol. The number of nitrogens with one attached hydrogen (secondary N) is 1. The van der Waals surface area contributed by atoms with E-state index in [9.17, 15) is 9.90 Å². The number of carbonyl (C=O) groups is 1. The Balaban J connectivity index is 1.77. The Morgan fingerprint density at radius 1 is 1.12 bits per heavy atom. The maximum atomic E-state index is 12.4. The highest BCUT2D eigenvalue weighted by molar-refractivity contribution is 6.30. The largest absolute Gasteiger partial charge is 0.506 e. The van der Waals surface area contributed by atoms with Crippen LogP contribution in [0, 0.1) is 0 Å². The molecule has 0 saturated carbocycles. The Morgan fingerprint density at radius 2 is 1.85 bits per heavy atom. The fourth-order valence-corrected chi connectivity index (χ4v) is 2.84. The molecule has 0 aliphatic heterocycles. The molecule has 0 aliphatic rings. The normalized spacial score (nSPS) is 10.8. The SMILES string of the molecule is O=C(NCc1ccc(Cl)cc1)c1cnc2cc(CCCO)ccc2c1O. The molecule has 0 spiro atoms. The van der Waals surface area contributed by atoms with Gasteiger partial charge >= 0.3 is 0 Å². The van der Waals surface area contributed by atoms with Crippen LogP contribution in [0.25, 0.3) is 10.9 Å². The molecular formula is C20H19ClN2O3. The van der Waals surface area contributed by atoms with E-state index in [4.69, 9.17) is 16.7 Å². The first-order chi connectivity index (χ1) is 12.6. The summed E-state index contributed by atoms with van der Waals surface area (Å²) in [6.45, 7) is 0.455. The van der Waals surface area contributed by atoms with Gasteiger partial charge in [-0.15, -0.1) is 0 Å². The van der Waals surface area contributed by atoms with Crippen LogP contribution >= 0.6 is 11.6 Å². The number of hydrogen-bond donors (Lipinski definition) is 3. The molecule has 1 amide bonds. The molecule has 3 N–H and O–H groups in total. The van der Waals surface area contributed by atoms with Crippen molar-refractivity contribution >= 4 is 28.4 Å². The fraction of sp³-hybridized carbons (Fsp3) is 0.200. The molecule has 3 aromatic rings. The summed E-state index contributed by atoms with van der Waals surface area (Å²) in [5.74, 6) is -0.478. The molecule has 134 valence electrons. The van der Waals surface area contributed by atoms with Crippen LogP contribution < -0.4 is 5.32 Å². The standard InChI is InChI=1S/C20H19ClN2O3/c21-15-6-3-14(4-7-15)11-23-20(26)17-12-22-18-10-13(2-1-9-24)5-8-16(18)19(17)25/h3-8,10,12,24H,1-2,9,11H2,(H,22,25)(H,23,26). The van der Waals surface area contributed by atoms with E-state index < -0.39 is 5.91 Å². The van der Waals surface area contributed by atoms with Gasteiger partial charge in [-0.2, -0.15) is 0 Å². The van der Waals surface area contributed by atoms with Crippen molar-refractivity contribution in [2.24, 2.45) is 0 Å². The molecular weight excluding hydrogens is 352 g/mol. The van der Waals surface area contributed by atoms with Crippen molar-refractivity contribution in [1.82, 2.24) is 10.3 Å². The molecule has 0 saturated heterocycles. The van der Waals surface area contributed by atoms with E-state index in [0.717, 1.165) is 17.5 Å². The third kappa shape index (κ3) is 4.12. The minimum absolute atomic E-state index is 0.0858. The highest BCUT2D eigenvalue weighted by Crippen LogP contribution is 2.28. The first kappa shape index (κ1) is 18.2. The van der Waals surface area contributed by atoms with Crippen molar-refractivity contribution in [3.05, 3.63) is 70.4 Å². The number of aliphatic hydroxyl groups excluding tert-OH is 1. The molecule has 6 heteroatoms. The number of hydrogen-bond acceptors (Lipinski definition) is 4. The molecule has 0 radical (unpaired) electrons. The number of halogens is 1. The van der Waals surface area contributed by atoms with Gasteiger partial charge in [0, 0.05) is 29.8 Å². The van der Waals surface area contributed by atoms with Gasteiger partial charge in [-0.25, -0.2) is 0 Å². The van der Waals surface area contributed by atoms with Gasteiger partial charge < -0.3 is 15.5 Å². The molecule has 5 nitrogen and oxygen atoms in total. The average Bonchev–Trinajstić information content (AvgIpc) is 2.66. The lowest BCUT2D eigenvalue weighted by molar-refractivity contribution is 0.0948. The number of aromatic hydroxyl groups is 1. The fourth-order valence-electron chi connectivity index (χ4n) is 2.71. The molecule has 3 rings (SSSR count). The number of benzene rings is 2. The van der Waals surface area contributed by atoms with Gasteiger partial charge in [0.25, 0.3) is 5.91 Å². The lowest BCUT2D eigenvalue weighted by Crippen LogP contribution is -2.23. The molecule has 0 atom stereocenters. The predicted octanol–water partition coefficient (Wildman–Crippen LogP) is 3.45. The second-order valence-electron chi connectivity index (χ2n) is 6.01. The predicted molar refractivity (Wildman–Crippen MR) is 101 cm³/mol. The Labute approximate surface area is 156 Å². The van der Waals surface area contributed by atoms with Crippen LogP contribution in [0.15, 0.2) is 48.7 Å². The maximum Gasteiger partial charge on any atom is 0.256 e. The van der Waals surface area contributed by atoms with Crippen molar-refractivity contribution in [3.8, 4) is 5.75 Å². The zero-order chi connectivity index (χ0) is 18.5. The number of aryl methyl sites for hydroxylation is 1. The minimum Gasteiger partial charge on any atom is -0.506 e. The van der Waals surface area contributed by atoms with E-state index in [2.05, 4.69) is 10.3 Å². The number of aromatic nitrogens is 1. The zero-order valence-electron chi connectivity index (χ0n) is 14.1. The summed E-state index contributed by atoms with van der Waals surface area (Å²) in [5, 5.41) is 23.3. The summed E-state index contributed by atoms with van der Waals surface area (Å²) in [5.41, 5.74) is 2.68. The van der Waals surface area contributed by atoms with E-state index in [1.807, 2.05) is 24.3 Å².